The van der Waals surface area contributed by atoms with E-state index in [-0.39, 0.29) is 11.9 Å². The summed E-state index contributed by atoms with van der Waals surface area (Å²) in [6, 6.07) is 16.7. The number of nitrogens with one attached hydrogen (secondary N) is 1. The van der Waals surface area contributed by atoms with Gasteiger partial charge in [-0.05, 0) is 43.2 Å². The molecule has 0 saturated carbocycles. The summed E-state index contributed by atoms with van der Waals surface area (Å²) in [5.74, 6) is -0.170. The minimum absolute atomic E-state index is 0.124. The molecule has 1 amide bonds. The Morgan fingerprint density at radius 3 is 2.78 bits per heavy atom. The predicted octanol–water partition coefficient (Wildman–Crippen LogP) is 2.98. The van der Waals surface area contributed by atoms with E-state index in [1.165, 1.54) is 0 Å². The topological polar surface area (TPSA) is 141 Å². The number of aromatic nitrogens is 6. The molecule has 11 nitrogen and oxygen atoms in total. The van der Waals surface area contributed by atoms with Crippen LogP contribution >= 0.6 is 0 Å². The van der Waals surface area contributed by atoms with E-state index in [0.717, 1.165) is 17.8 Å². The van der Waals surface area contributed by atoms with Crippen LogP contribution in [0.2, 0.25) is 0 Å². The summed E-state index contributed by atoms with van der Waals surface area (Å²) < 4.78 is 12.3. The Kier molecular flexibility index (Phi) is 7.21. The van der Waals surface area contributed by atoms with E-state index in [1.54, 1.807) is 42.3 Å². The van der Waals surface area contributed by atoms with Gasteiger partial charge < -0.3 is 9.47 Å². The highest BCUT2D eigenvalue weighted by molar-refractivity contribution is 5.93. The van der Waals surface area contributed by atoms with Crippen molar-refractivity contribution in [3.63, 3.8) is 0 Å². The minimum atomic E-state index is -0.528. The molecule has 0 aliphatic carbocycles. The van der Waals surface area contributed by atoms with Crippen LogP contribution in [0.3, 0.4) is 0 Å². The maximum absolute atomic E-state index is 12.7. The average Bonchev–Trinajstić information content (AvgIpc) is 3.62. The van der Waals surface area contributed by atoms with Crippen LogP contribution in [-0.4, -0.2) is 55.7 Å². The number of anilines is 1. The summed E-state index contributed by atoms with van der Waals surface area (Å²) in [5.41, 5.74) is 4.36. The molecule has 4 heterocycles. The highest BCUT2D eigenvalue weighted by Crippen LogP contribution is 2.25. The van der Waals surface area contributed by atoms with Gasteiger partial charge in [-0.25, -0.2) is 14.6 Å². The van der Waals surface area contributed by atoms with Crippen molar-refractivity contribution in [2.45, 2.75) is 32.1 Å². The zero-order valence-electron chi connectivity index (χ0n) is 20.2. The SMILES string of the molecule is COCc1cccc(Cn2cc(-c3cc(-c4cccc(C#N)c4)nc(NC(=O)C4CCCO4)n3)nn2)n1. The van der Waals surface area contributed by atoms with Gasteiger partial charge in [0.15, 0.2) is 0 Å². The molecule has 11 heteroatoms. The molecular weight excluding hydrogens is 472 g/mol. The normalized spacial score (nSPS) is 14.9. The summed E-state index contributed by atoms with van der Waals surface area (Å²) in [5, 5.41) is 20.6. The Labute approximate surface area is 213 Å². The van der Waals surface area contributed by atoms with Crippen molar-refractivity contribution in [2.24, 2.45) is 0 Å². The number of carbonyl (C=O) groups is 1. The van der Waals surface area contributed by atoms with Crippen molar-refractivity contribution >= 4 is 11.9 Å². The van der Waals surface area contributed by atoms with Crippen LogP contribution in [0.5, 0.6) is 0 Å². The summed E-state index contributed by atoms with van der Waals surface area (Å²) >= 11 is 0. The number of carbonyl (C=O) groups excluding carboxylic acids is 1. The Morgan fingerprint density at radius 1 is 1.14 bits per heavy atom. The summed E-state index contributed by atoms with van der Waals surface area (Å²) in [6.07, 6.45) is 2.71. The second-order valence-corrected chi connectivity index (χ2v) is 8.50. The van der Waals surface area contributed by atoms with Crippen LogP contribution in [0.4, 0.5) is 5.95 Å². The Hall–Kier alpha value is -4.53. The van der Waals surface area contributed by atoms with Crippen molar-refractivity contribution in [3.8, 4) is 28.7 Å². The number of nitriles is 1. The molecule has 1 saturated heterocycles. The van der Waals surface area contributed by atoms with Gasteiger partial charge in [0.05, 0.1) is 53.8 Å². The highest BCUT2D eigenvalue weighted by atomic mass is 16.5. The van der Waals surface area contributed by atoms with Gasteiger partial charge in [0.25, 0.3) is 5.91 Å². The fourth-order valence-electron chi connectivity index (χ4n) is 4.01. The summed E-state index contributed by atoms with van der Waals surface area (Å²) in [7, 11) is 1.63. The largest absolute Gasteiger partial charge is 0.378 e. The van der Waals surface area contributed by atoms with Crippen LogP contribution in [0.25, 0.3) is 22.6 Å². The van der Waals surface area contributed by atoms with Gasteiger partial charge in [0, 0.05) is 19.3 Å². The Balaban J connectivity index is 1.46. The van der Waals surface area contributed by atoms with Crippen molar-refractivity contribution in [1.29, 1.82) is 5.26 Å². The Morgan fingerprint density at radius 2 is 1.97 bits per heavy atom. The fraction of sp³-hybridized carbons (Fsp3) is 0.269. The van der Waals surface area contributed by atoms with Crippen LogP contribution in [0, 0.1) is 11.3 Å². The van der Waals surface area contributed by atoms with Crippen LogP contribution in [0.1, 0.15) is 29.8 Å². The molecule has 1 N–H and O–H groups in total. The van der Waals surface area contributed by atoms with Crippen LogP contribution in [0.15, 0.2) is 54.7 Å². The molecule has 0 spiro atoms. The molecule has 1 atom stereocenters. The van der Waals surface area contributed by atoms with Gasteiger partial charge in [-0.15, -0.1) is 5.10 Å². The third-order valence-corrected chi connectivity index (χ3v) is 5.75. The standard InChI is InChI=1S/C26H24N8O3/c1-36-16-20-8-3-7-19(28-20)14-34-15-23(32-33-34)22-12-21(18-6-2-5-17(11-18)13-27)29-26(30-22)31-25(35)24-9-4-10-37-24/h2-3,5-8,11-12,15,24H,4,9-10,14,16H2,1H3,(H,29,30,31,35). The lowest BCUT2D eigenvalue weighted by Gasteiger charge is -2.11. The quantitative estimate of drug-likeness (QED) is 0.390. The van der Waals surface area contributed by atoms with Crippen molar-refractivity contribution < 1.29 is 14.3 Å². The average molecular weight is 497 g/mol. The molecule has 1 fully saturated rings. The molecule has 1 aliphatic heterocycles. The molecule has 3 aromatic heterocycles. The molecule has 5 rings (SSSR count). The highest BCUT2D eigenvalue weighted by Gasteiger charge is 2.25. The number of rotatable bonds is 8. The van der Waals surface area contributed by atoms with E-state index >= 15 is 0 Å². The smallest absolute Gasteiger partial charge is 0.255 e. The second-order valence-electron chi connectivity index (χ2n) is 8.50. The fourth-order valence-corrected chi connectivity index (χ4v) is 4.01. The van der Waals surface area contributed by atoms with Crippen molar-refractivity contribution in [2.75, 3.05) is 19.0 Å². The molecular formula is C26H24N8O3. The van der Waals surface area contributed by atoms with Crippen molar-refractivity contribution in [1.82, 2.24) is 29.9 Å². The number of ether oxygens (including phenoxy) is 2. The lowest BCUT2D eigenvalue weighted by molar-refractivity contribution is -0.124. The maximum atomic E-state index is 12.7. The number of benzene rings is 1. The zero-order valence-corrected chi connectivity index (χ0v) is 20.2. The Bertz CT molecular complexity index is 1460. The molecule has 4 aromatic rings. The maximum Gasteiger partial charge on any atom is 0.255 e. The van der Waals surface area contributed by atoms with Crippen LogP contribution in [-0.2, 0) is 27.4 Å². The molecule has 186 valence electrons. The third-order valence-electron chi connectivity index (χ3n) is 5.75. The number of hydrogen-bond donors (Lipinski definition) is 1. The van der Waals surface area contributed by atoms with Gasteiger partial charge in [-0.3, -0.25) is 15.1 Å². The van der Waals surface area contributed by atoms with Gasteiger partial charge in [0.1, 0.15) is 11.8 Å². The molecule has 0 radical (unpaired) electrons. The second kappa shape index (κ2) is 11.0. The van der Waals surface area contributed by atoms with Crippen molar-refractivity contribution in [3.05, 3.63) is 71.7 Å². The number of nitrogens with zero attached hydrogens (tertiary/aromatic N) is 7. The van der Waals surface area contributed by atoms with Gasteiger partial charge in [-0.1, -0.05) is 23.4 Å². The van der Waals surface area contributed by atoms with E-state index in [2.05, 4.69) is 36.7 Å². The first kappa shape index (κ1) is 24.2. The van der Waals surface area contributed by atoms with Gasteiger partial charge in [-0.2, -0.15) is 5.26 Å². The predicted molar refractivity (Wildman–Crippen MR) is 133 cm³/mol. The van der Waals surface area contributed by atoms with E-state index in [0.29, 0.717) is 54.4 Å². The first-order valence-corrected chi connectivity index (χ1v) is 11.8. The van der Waals surface area contributed by atoms with E-state index in [4.69, 9.17) is 9.47 Å². The number of amides is 1. The third kappa shape index (κ3) is 5.83. The van der Waals surface area contributed by atoms with Gasteiger partial charge in [0.2, 0.25) is 5.95 Å². The number of pyridine rings is 1. The lowest BCUT2D eigenvalue weighted by Crippen LogP contribution is -2.27. The molecule has 37 heavy (non-hydrogen) atoms. The molecule has 1 unspecified atom stereocenters. The molecule has 1 aromatic carbocycles. The van der Waals surface area contributed by atoms with Gasteiger partial charge >= 0.3 is 0 Å². The molecule has 1 aliphatic rings. The summed E-state index contributed by atoms with van der Waals surface area (Å²) in [6.45, 7) is 1.39. The lowest BCUT2D eigenvalue weighted by atomic mass is 10.1. The van der Waals surface area contributed by atoms with E-state index in [9.17, 15) is 10.1 Å². The molecule has 0 bridgehead atoms. The first-order valence-electron chi connectivity index (χ1n) is 11.8. The summed E-state index contributed by atoms with van der Waals surface area (Å²) in [4.78, 5) is 26.3. The number of methoxy groups -OCH3 is 1. The zero-order chi connectivity index (χ0) is 25.6. The van der Waals surface area contributed by atoms with Crippen LogP contribution < -0.4 is 5.32 Å². The van der Waals surface area contributed by atoms with E-state index < -0.39 is 6.10 Å². The minimum Gasteiger partial charge on any atom is -0.378 e. The monoisotopic (exact) mass is 496 g/mol. The number of hydrogen-bond acceptors (Lipinski definition) is 9. The first-order chi connectivity index (χ1) is 18.1. The van der Waals surface area contributed by atoms with E-state index in [1.807, 2.05) is 24.3 Å².